The van der Waals surface area contributed by atoms with Gasteiger partial charge in [-0.25, -0.2) is 4.98 Å². The van der Waals surface area contributed by atoms with E-state index in [2.05, 4.69) is 9.97 Å². The van der Waals surface area contributed by atoms with E-state index in [0.29, 0.717) is 18.0 Å². The summed E-state index contributed by atoms with van der Waals surface area (Å²) in [4.78, 5) is 9.49. The number of benzene rings is 1. The molecule has 0 radical (unpaired) electrons. The van der Waals surface area contributed by atoms with Crippen LogP contribution in [0.4, 0.5) is 24.8 Å². The second-order valence-electron chi connectivity index (χ2n) is 6.47. The number of anilines is 2. The van der Waals surface area contributed by atoms with E-state index < -0.39 is 17.6 Å². The summed E-state index contributed by atoms with van der Waals surface area (Å²) in [5, 5.41) is 0. The van der Waals surface area contributed by atoms with Gasteiger partial charge in [0, 0.05) is 13.2 Å². The summed E-state index contributed by atoms with van der Waals surface area (Å²) in [6.45, 7) is 6.34. The van der Waals surface area contributed by atoms with E-state index >= 15 is 0 Å². The normalized spacial score (nSPS) is 11.6. The summed E-state index contributed by atoms with van der Waals surface area (Å²) >= 11 is 0. The van der Waals surface area contributed by atoms with E-state index in [4.69, 9.17) is 9.47 Å². The number of alkyl halides is 3. The Morgan fingerprint density at radius 2 is 1.85 bits per heavy atom. The molecule has 1 aromatic carbocycles. The van der Waals surface area contributed by atoms with Crippen molar-refractivity contribution in [2.24, 2.45) is 5.92 Å². The maximum absolute atomic E-state index is 13.2. The van der Waals surface area contributed by atoms with Crippen molar-refractivity contribution in [1.29, 1.82) is 0 Å². The van der Waals surface area contributed by atoms with Gasteiger partial charge < -0.3 is 14.4 Å². The molecule has 0 unspecified atom stereocenters. The molecule has 27 heavy (non-hydrogen) atoms. The highest BCUT2D eigenvalue weighted by atomic mass is 19.4. The molecule has 0 saturated heterocycles. The van der Waals surface area contributed by atoms with Gasteiger partial charge in [-0.2, -0.15) is 18.2 Å². The maximum atomic E-state index is 13.2. The van der Waals surface area contributed by atoms with Gasteiger partial charge in [0.1, 0.15) is 11.3 Å². The molecular formula is C19H24F3N3O2. The first-order valence-electron chi connectivity index (χ1n) is 8.76. The van der Waals surface area contributed by atoms with Crippen LogP contribution in [0.25, 0.3) is 0 Å². The van der Waals surface area contributed by atoms with Crippen molar-refractivity contribution in [2.45, 2.75) is 33.4 Å². The molecule has 0 N–H and O–H groups in total. The number of aromatic nitrogens is 2. The van der Waals surface area contributed by atoms with Crippen LogP contribution in [0.15, 0.2) is 30.5 Å². The molecule has 0 spiro atoms. The Kier molecular flexibility index (Phi) is 6.87. The number of rotatable bonds is 8. The lowest BCUT2D eigenvalue weighted by molar-refractivity contribution is -0.139. The van der Waals surface area contributed by atoms with Gasteiger partial charge in [0.2, 0.25) is 11.8 Å². The van der Waals surface area contributed by atoms with Gasteiger partial charge in [0.25, 0.3) is 0 Å². The van der Waals surface area contributed by atoms with Crippen molar-refractivity contribution < 1.29 is 22.6 Å². The highest BCUT2D eigenvalue weighted by molar-refractivity contribution is 5.65. The van der Waals surface area contributed by atoms with Crippen molar-refractivity contribution >= 4 is 11.6 Å². The molecule has 0 aliphatic heterocycles. The highest BCUT2D eigenvalue weighted by Gasteiger charge is 2.36. The van der Waals surface area contributed by atoms with E-state index in [0.717, 1.165) is 12.6 Å². The van der Waals surface area contributed by atoms with Gasteiger partial charge in [0.05, 0.1) is 18.9 Å². The maximum Gasteiger partial charge on any atom is 0.423 e. The molecule has 0 aliphatic rings. The third-order valence-electron chi connectivity index (χ3n) is 3.59. The van der Waals surface area contributed by atoms with Crippen molar-refractivity contribution in [1.82, 2.24) is 9.97 Å². The number of nitrogens with zero attached hydrogens (tertiary/aromatic N) is 3. The van der Waals surface area contributed by atoms with Crippen molar-refractivity contribution in [3.8, 4) is 11.6 Å². The first-order chi connectivity index (χ1) is 12.7. The molecule has 2 rings (SSSR count). The van der Waals surface area contributed by atoms with Gasteiger partial charge in [-0.15, -0.1) is 0 Å². The molecule has 0 atom stereocenters. The first-order valence-corrected chi connectivity index (χ1v) is 8.76. The molecule has 8 heteroatoms. The predicted molar refractivity (Wildman–Crippen MR) is 97.7 cm³/mol. The summed E-state index contributed by atoms with van der Waals surface area (Å²) in [5.41, 5.74) is -0.337. The second kappa shape index (κ2) is 8.92. The molecule has 0 aliphatic carbocycles. The van der Waals surface area contributed by atoms with E-state index in [-0.39, 0.29) is 18.5 Å². The van der Waals surface area contributed by atoms with Crippen LogP contribution in [0, 0.1) is 5.92 Å². The second-order valence-corrected chi connectivity index (χ2v) is 6.47. The van der Waals surface area contributed by atoms with Crippen molar-refractivity contribution in [2.75, 3.05) is 25.2 Å². The minimum atomic E-state index is -4.59. The summed E-state index contributed by atoms with van der Waals surface area (Å²) in [6.07, 6.45) is -3.00. The van der Waals surface area contributed by atoms with Gasteiger partial charge in [-0.3, -0.25) is 0 Å². The number of hydrogen-bond donors (Lipinski definition) is 0. The predicted octanol–water partition coefficient (Wildman–Crippen LogP) is 5.09. The number of halogens is 3. The van der Waals surface area contributed by atoms with Crippen LogP contribution in [0.3, 0.4) is 0 Å². The van der Waals surface area contributed by atoms with Crippen molar-refractivity contribution in [3.63, 3.8) is 0 Å². The molecule has 2 aromatic rings. The highest BCUT2D eigenvalue weighted by Crippen LogP contribution is 2.37. The van der Waals surface area contributed by atoms with E-state index in [9.17, 15) is 13.2 Å². The number of ether oxygens (including phenoxy) is 2. The molecule has 0 saturated carbocycles. The van der Waals surface area contributed by atoms with Crippen LogP contribution in [-0.4, -0.2) is 30.2 Å². The fourth-order valence-electron chi connectivity index (χ4n) is 2.25. The minimum absolute atomic E-state index is 0.0606. The summed E-state index contributed by atoms with van der Waals surface area (Å²) in [7, 11) is 1.67. The summed E-state index contributed by atoms with van der Waals surface area (Å²) in [5.74, 6) is 0.287. The third kappa shape index (κ3) is 5.48. The Morgan fingerprint density at radius 3 is 2.48 bits per heavy atom. The monoisotopic (exact) mass is 383 g/mol. The fraction of sp³-hybridized carbons (Fsp3) is 0.474. The number of hydrogen-bond acceptors (Lipinski definition) is 5. The number of para-hydroxylation sites is 2. The Balaban J connectivity index is 2.39. The van der Waals surface area contributed by atoms with Crippen LogP contribution < -0.4 is 14.4 Å². The van der Waals surface area contributed by atoms with Gasteiger partial charge >= 0.3 is 6.18 Å². The fourth-order valence-corrected chi connectivity index (χ4v) is 2.25. The van der Waals surface area contributed by atoms with E-state index in [1.807, 2.05) is 32.9 Å². The standard InChI is InChI=1S/C19H24F3N3O2/c1-5-10-26-16-9-7-6-8-15(16)25(4)18-23-11-14(19(20,21)22)17(24-18)27-12-13(2)3/h6-9,11,13H,5,10,12H2,1-4H3. The lowest BCUT2D eigenvalue weighted by Gasteiger charge is -2.22. The van der Waals surface area contributed by atoms with Crippen LogP contribution in [0.1, 0.15) is 32.8 Å². The molecule has 0 fully saturated rings. The molecule has 0 amide bonds. The summed E-state index contributed by atoms with van der Waals surface area (Å²) in [6, 6.07) is 7.22. The van der Waals surface area contributed by atoms with Gasteiger partial charge in [-0.1, -0.05) is 32.9 Å². The molecule has 0 bridgehead atoms. The topological polar surface area (TPSA) is 47.5 Å². The first kappa shape index (κ1) is 20.8. The zero-order chi connectivity index (χ0) is 20.0. The van der Waals surface area contributed by atoms with E-state index in [1.165, 1.54) is 0 Å². The zero-order valence-corrected chi connectivity index (χ0v) is 15.9. The molecular weight excluding hydrogens is 359 g/mol. The molecule has 148 valence electrons. The van der Waals surface area contributed by atoms with Crippen molar-refractivity contribution in [3.05, 3.63) is 36.0 Å². The van der Waals surface area contributed by atoms with Gasteiger partial charge in [0.15, 0.2) is 0 Å². The minimum Gasteiger partial charge on any atom is -0.491 e. The third-order valence-corrected chi connectivity index (χ3v) is 3.59. The lowest BCUT2D eigenvalue weighted by Crippen LogP contribution is -2.18. The van der Waals surface area contributed by atoms with E-state index in [1.54, 1.807) is 24.1 Å². The smallest absolute Gasteiger partial charge is 0.423 e. The molecule has 1 heterocycles. The SMILES string of the molecule is CCCOc1ccccc1N(C)c1ncc(C(F)(F)F)c(OCC(C)C)n1. The molecule has 5 nitrogen and oxygen atoms in total. The lowest BCUT2D eigenvalue weighted by atomic mass is 10.2. The van der Waals surface area contributed by atoms with Gasteiger partial charge in [-0.05, 0) is 24.5 Å². The summed E-state index contributed by atoms with van der Waals surface area (Å²) < 4.78 is 50.7. The van der Waals surface area contributed by atoms with Crippen LogP contribution in [0.5, 0.6) is 11.6 Å². The zero-order valence-electron chi connectivity index (χ0n) is 15.9. The quantitative estimate of drug-likeness (QED) is 0.636. The Bertz CT molecular complexity index is 751. The Morgan fingerprint density at radius 1 is 1.15 bits per heavy atom. The average molecular weight is 383 g/mol. The van der Waals surface area contributed by atoms with Crippen LogP contribution in [-0.2, 0) is 6.18 Å². The van der Waals surface area contributed by atoms with Crippen LogP contribution in [0.2, 0.25) is 0 Å². The Labute approximate surface area is 157 Å². The Hall–Kier alpha value is -2.51. The molecule has 1 aromatic heterocycles. The average Bonchev–Trinajstić information content (AvgIpc) is 2.63. The van der Waals surface area contributed by atoms with Crippen LogP contribution >= 0.6 is 0 Å². The largest absolute Gasteiger partial charge is 0.491 e.